The van der Waals surface area contributed by atoms with Gasteiger partial charge in [0.25, 0.3) is 0 Å². The second kappa shape index (κ2) is 10.1. The Balaban J connectivity index is 1.12. The molecule has 0 bridgehead atoms. The maximum absolute atomic E-state index is 12.9. The van der Waals surface area contributed by atoms with E-state index < -0.39 is 0 Å². The van der Waals surface area contributed by atoms with Gasteiger partial charge < -0.3 is 14.2 Å². The van der Waals surface area contributed by atoms with Crippen molar-refractivity contribution in [3.63, 3.8) is 0 Å². The van der Waals surface area contributed by atoms with Gasteiger partial charge in [0.1, 0.15) is 17.5 Å². The van der Waals surface area contributed by atoms with Crippen molar-refractivity contribution in [3.8, 4) is 5.75 Å². The fourth-order valence-corrected chi connectivity index (χ4v) is 10.7. The molecule has 4 aliphatic carbocycles. The van der Waals surface area contributed by atoms with Crippen LogP contribution >= 0.6 is 0 Å². The zero-order chi connectivity index (χ0) is 27.6. The van der Waals surface area contributed by atoms with Crippen LogP contribution in [0.1, 0.15) is 116 Å². The average Bonchev–Trinajstić information content (AvgIpc) is 3.49. The molecule has 5 fully saturated rings. The first kappa shape index (κ1) is 27.6. The molecule has 10 unspecified atom stereocenters. The number of esters is 1. The number of benzene rings is 1. The summed E-state index contributed by atoms with van der Waals surface area (Å²) in [6.45, 7) is 12.5. The van der Waals surface area contributed by atoms with E-state index >= 15 is 0 Å². The fourth-order valence-electron chi connectivity index (χ4n) is 10.7. The Hall–Kier alpha value is -1.55. The van der Waals surface area contributed by atoms with Crippen LogP contribution in [0.15, 0.2) is 24.3 Å². The molecule has 1 aromatic carbocycles. The van der Waals surface area contributed by atoms with Gasteiger partial charge in [-0.25, -0.2) is 4.79 Å². The van der Waals surface area contributed by atoms with E-state index in [1.807, 2.05) is 12.1 Å². The van der Waals surface area contributed by atoms with Gasteiger partial charge in [0, 0.05) is 11.8 Å². The van der Waals surface area contributed by atoms with E-state index in [4.69, 9.17) is 14.2 Å². The van der Waals surface area contributed by atoms with Gasteiger partial charge in [-0.05, 0) is 110 Å². The number of hydrogen-bond acceptors (Lipinski definition) is 4. The van der Waals surface area contributed by atoms with Crippen molar-refractivity contribution >= 4 is 5.97 Å². The van der Waals surface area contributed by atoms with Gasteiger partial charge in [0.2, 0.25) is 0 Å². The molecule has 4 nitrogen and oxygen atoms in total. The molecule has 4 saturated carbocycles. The van der Waals surface area contributed by atoms with Gasteiger partial charge in [0.15, 0.2) is 0 Å². The van der Waals surface area contributed by atoms with Crippen LogP contribution in [0.3, 0.4) is 0 Å². The molecule has 0 N–H and O–H groups in total. The number of carbonyl (C=O) groups excluding carboxylic acids is 1. The van der Waals surface area contributed by atoms with Crippen LogP contribution < -0.4 is 4.74 Å². The molecule has 10 atom stereocenters. The lowest BCUT2D eigenvalue weighted by Crippen LogP contribution is -2.59. The van der Waals surface area contributed by atoms with Crippen LogP contribution in [0, 0.1) is 46.3 Å². The monoisotopic (exact) mass is 536 g/mol. The molecule has 216 valence electrons. The maximum atomic E-state index is 12.9. The molecule has 39 heavy (non-hydrogen) atoms. The van der Waals surface area contributed by atoms with Gasteiger partial charge in [-0.3, -0.25) is 0 Å². The van der Waals surface area contributed by atoms with Crippen LogP contribution in [-0.2, 0) is 9.47 Å². The highest BCUT2D eigenvalue weighted by Gasteiger charge is 2.76. The molecule has 1 aromatic rings. The van der Waals surface area contributed by atoms with Gasteiger partial charge >= 0.3 is 5.97 Å². The largest absolute Gasteiger partial charge is 0.497 e. The SMILES string of the molecule is COc1ccc(C(=O)OC2CCC3(C)C4CCC5(C)C(C(C)CCCC(C)C)CCC5C4CC4OC43C2)cc1. The molecule has 1 heterocycles. The lowest BCUT2D eigenvalue weighted by atomic mass is 9.44. The van der Waals surface area contributed by atoms with E-state index in [2.05, 4.69) is 34.6 Å². The first-order chi connectivity index (χ1) is 18.6. The fraction of sp³-hybridized carbons (Fsp3) is 0.800. The Labute approximate surface area is 236 Å². The summed E-state index contributed by atoms with van der Waals surface area (Å²) in [4.78, 5) is 12.9. The second-order valence-corrected chi connectivity index (χ2v) is 15.1. The zero-order valence-corrected chi connectivity index (χ0v) is 25.3. The predicted molar refractivity (Wildman–Crippen MR) is 155 cm³/mol. The lowest BCUT2D eigenvalue weighted by molar-refractivity contribution is -0.118. The number of hydrogen-bond donors (Lipinski definition) is 0. The average molecular weight is 537 g/mol. The third-order valence-corrected chi connectivity index (χ3v) is 12.8. The second-order valence-electron chi connectivity index (χ2n) is 15.1. The van der Waals surface area contributed by atoms with Crippen molar-refractivity contribution in [1.29, 1.82) is 0 Å². The lowest BCUT2D eigenvalue weighted by Gasteiger charge is -2.59. The summed E-state index contributed by atoms with van der Waals surface area (Å²) in [5, 5.41) is 0. The van der Waals surface area contributed by atoms with Crippen LogP contribution in [0.4, 0.5) is 0 Å². The van der Waals surface area contributed by atoms with Crippen LogP contribution in [0.2, 0.25) is 0 Å². The summed E-state index contributed by atoms with van der Waals surface area (Å²) >= 11 is 0. The summed E-state index contributed by atoms with van der Waals surface area (Å²) in [5.74, 6) is 5.51. The Bertz CT molecular complexity index is 1050. The number of carbonyl (C=O) groups is 1. The van der Waals surface area contributed by atoms with E-state index in [1.54, 1.807) is 19.2 Å². The maximum Gasteiger partial charge on any atom is 0.338 e. The number of epoxide rings is 1. The summed E-state index contributed by atoms with van der Waals surface area (Å²) in [6, 6.07) is 7.25. The zero-order valence-electron chi connectivity index (χ0n) is 25.3. The first-order valence-corrected chi connectivity index (χ1v) is 16.1. The molecule has 4 heteroatoms. The topological polar surface area (TPSA) is 48.1 Å². The van der Waals surface area contributed by atoms with E-state index in [0.717, 1.165) is 60.5 Å². The van der Waals surface area contributed by atoms with Crippen molar-refractivity contribution in [2.75, 3.05) is 7.11 Å². The molecule has 6 rings (SSSR count). The summed E-state index contributed by atoms with van der Waals surface area (Å²) in [6.07, 6.45) is 14.3. The van der Waals surface area contributed by atoms with Gasteiger partial charge in [0.05, 0.1) is 18.8 Å². The number of rotatable bonds is 8. The standard InChI is InChI=1S/C35H52O4/c1-22(2)8-7-9-23(3)28-14-15-29-27-20-31-35(39-31)21-26(38-32(36)24-10-12-25(37-6)13-11-24)16-19-34(35,5)30(27)17-18-33(28,29)4/h10-13,22-23,26-31H,7-9,14-21H2,1-6H3. The molecule has 1 spiro atoms. The Kier molecular flexibility index (Phi) is 7.13. The third-order valence-electron chi connectivity index (χ3n) is 12.8. The highest BCUT2D eigenvalue weighted by molar-refractivity contribution is 5.89. The predicted octanol–water partition coefficient (Wildman–Crippen LogP) is 8.47. The third kappa shape index (κ3) is 4.46. The molecule has 0 radical (unpaired) electrons. The van der Waals surface area contributed by atoms with E-state index in [9.17, 15) is 4.79 Å². The minimum absolute atomic E-state index is 0.0503. The number of methoxy groups -OCH3 is 1. The Morgan fingerprint density at radius 1 is 1.00 bits per heavy atom. The first-order valence-electron chi connectivity index (χ1n) is 16.1. The van der Waals surface area contributed by atoms with Crippen molar-refractivity contribution < 1.29 is 19.0 Å². The minimum atomic E-state index is -0.221. The Morgan fingerprint density at radius 2 is 1.77 bits per heavy atom. The van der Waals surface area contributed by atoms with Crippen LogP contribution in [-0.4, -0.2) is 30.9 Å². The molecule has 1 saturated heterocycles. The quantitative estimate of drug-likeness (QED) is 0.247. The van der Waals surface area contributed by atoms with Crippen molar-refractivity contribution in [1.82, 2.24) is 0 Å². The van der Waals surface area contributed by atoms with Crippen LogP contribution in [0.5, 0.6) is 5.75 Å². The summed E-state index contributed by atoms with van der Waals surface area (Å²) in [5.41, 5.74) is 1.24. The summed E-state index contributed by atoms with van der Waals surface area (Å²) < 4.78 is 18.1. The smallest absolute Gasteiger partial charge is 0.338 e. The summed E-state index contributed by atoms with van der Waals surface area (Å²) in [7, 11) is 1.64. The van der Waals surface area contributed by atoms with E-state index in [1.165, 1.54) is 51.4 Å². The molecular formula is C35H52O4. The molecule has 5 aliphatic rings. The highest BCUT2D eigenvalue weighted by Crippen LogP contribution is 2.74. The Morgan fingerprint density at radius 3 is 2.49 bits per heavy atom. The normalized spacial score (nSPS) is 43.1. The minimum Gasteiger partial charge on any atom is -0.497 e. The molecule has 0 amide bonds. The van der Waals surface area contributed by atoms with E-state index in [-0.39, 0.29) is 23.1 Å². The number of ether oxygens (including phenoxy) is 3. The van der Waals surface area contributed by atoms with Gasteiger partial charge in [-0.1, -0.05) is 53.9 Å². The van der Waals surface area contributed by atoms with Gasteiger partial charge in [-0.2, -0.15) is 0 Å². The number of fused-ring (bicyclic) bond motifs is 4. The van der Waals surface area contributed by atoms with Crippen LogP contribution in [0.25, 0.3) is 0 Å². The van der Waals surface area contributed by atoms with E-state index in [0.29, 0.717) is 17.1 Å². The molecule has 1 aliphatic heterocycles. The van der Waals surface area contributed by atoms with Crippen molar-refractivity contribution in [2.45, 2.75) is 123 Å². The molecule has 0 aromatic heterocycles. The van der Waals surface area contributed by atoms with Crippen molar-refractivity contribution in [2.24, 2.45) is 46.3 Å². The van der Waals surface area contributed by atoms with Crippen molar-refractivity contribution in [3.05, 3.63) is 29.8 Å². The van der Waals surface area contributed by atoms with Gasteiger partial charge in [-0.15, -0.1) is 0 Å². The molecular weight excluding hydrogens is 484 g/mol. The highest BCUT2D eigenvalue weighted by atomic mass is 16.6.